The first-order valence-corrected chi connectivity index (χ1v) is 10.3. The molecule has 5 nitrogen and oxygen atoms in total. The summed E-state index contributed by atoms with van der Waals surface area (Å²) in [4.78, 5) is 16.5. The summed E-state index contributed by atoms with van der Waals surface area (Å²) in [5.74, 6) is 1.57. The van der Waals surface area contributed by atoms with Crippen LogP contribution in [0, 0.1) is 0 Å². The van der Waals surface area contributed by atoms with Gasteiger partial charge in [-0.25, -0.2) is 4.98 Å². The number of allylic oxidation sites excluding steroid dienone is 1. The van der Waals surface area contributed by atoms with Crippen LogP contribution in [0.4, 0.5) is 0 Å². The van der Waals surface area contributed by atoms with Crippen LogP contribution < -0.4 is 10.1 Å². The third kappa shape index (κ3) is 5.17. The minimum absolute atomic E-state index is 0.201. The number of hydrogen-bond donors (Lipinski definition) is 1. The molecule has 0 bridgehead atoms. The second-order valence-corrected chi connectivity index (χ2v) is 7.20. The molecule has 3 aromatic rings. The van der Waals surface area contributed by atoms with Crippen molar-refractivity contribution in [3.8, 4) is 5.75 Å². The molecule has 0 saturated carbocycles. The van der Waals surface area contributed by atoms with E-state index in [1.807, 2.05) is 49.4 Å². The van der Waals surface area contributed by atoms with E-state index in [2.05, 4.69) is 35.2 Å². The lowest BCUT2D eigenvalue weighted by Gasteiger charge is -2.16. The van der Waals surface area contributed by atoms with Gasteiger partial charge in [-0.05, 0) is 56.0 Å². The Morgan fingerprint density at radius 2 is 1.93 bits per heavy atom. The van der Waals surface area contributed by atoms with Gasteiger partial charge in [0, 0.05) is 6.54 Å². The molecule has 156 valence electrons. The van der Waals surface area contributed by atoms with Crippen molar-refractivity contribution in [1.29, 1.82) is 0 Å². The van der Waals surface area contributed by atoms with E-state index in [1.165, 1.54) is 6.08 Å². The average molecular weight is 404 g/mol. The first-order chi connectivity index (χ1) is 14.6. The number of nitrogens with zero attached hydrogens (tertiary/aromatic N) is 2. The number of unbranched alkanes of at least 4 members (excludes halogenated alkanes) is 1. The summed E-state index contributed by atoms with van der Waals surface area (Å²) in [6, 6.07) is 15.9. The minimum Gasteiger partial charge on any atom is -0.493 e. The lowest BCUT2D eigenvalue weighted by Crippen LogP contribution is -2.27. The fourth-order valence-corrected chi connectivity index (χ4v) is 3.52. The maximum atomic E-state index is 11.7. The van der Waals surface area contributed by atoms with Gasteiger partial charge in [-0.1, -0.05) is 43.0 Å². The van der Waals surface area contributed by atoms with Crippen molar-refractivity contribution < 1.29 is 9.53 Å². The summed E-state index contributed by atoms with van der Waals surface area (Å²) in [5.41, 5.74) is 3.16. The first-order valence-electron chi connectivity index (χ1n) is 10.3. The second-order valence-electron chi connectivity index (χ2n) is 7.20. The highest BCUT2D eigenvalue weighted by molar-refractivity contribution is 5.87. The van der Waals surface area contributed by atoms with E-state index in [9.17, 15) is 4.79 Å². The fourth-order valence-electron chi connectivity index (χ4n) is 3.52. The SMILES string of the molecule is C=CCc1ccccc1OCCCCn1c(C(C)NC(=O)C=C)nc2ccccc21. The summed E-state index contributed by atoms with van der Waals surface area (Å²) < 4.78 is 8.19. The number of ether oxygens (including phenoxy) is 1. The molecule has 3 rings (SSSR count). The number of fused-ring (bicyclic) bond motifs is 1. The van der Waals surface area contributed by atoms with E-state index in [4.69, 9.17) is 9.72 Å². The number of imidazole rings is 1. The van der Waals surface area contributed by atoms with E-state index in [1.54, 1.807) is 0 Å². The average Bonchev–Trinajstić information content (AvgIpc) is 3.13. The molecule has 1 atom stereocenters. The number of aromatic nitrogens is 2. The summed E-state index contributed by atoms with van der Waals surface area (Å²) in [6.45, 7) is 10.7. The lowest BCUT2D eigenvalue weighted by atomic mass is 10.1. The number of aryl methyl sites for hydroxylation is 1. The Bertz CT molecular complexity index is 1020. The molecule has 1 N–H and O–H groups in total. The number of benzene rings is 2. The highest BCUT2D eigenvalue weighted by atomic mass is 16.5. The summed E-state index contributed by atoms with van der Waals surface area (Å²) in [6.07, 6.45) is 5.83. The smallest absolute Gasteiger partial charge is 0.243 e. The van der Waals surface area contributed by atoms with Crippen molar-refractivity contribution in [2.24, 2.45) is 0 Å². The molecule has 1 unspecified atom stereocenters. The Balaban J connectivity index is 1.64. The highest BCUT2D eigenvalue weighted by Crippen LogP contribution is 2.22. The van der Waals surface area contributed by atoms with E-state index in [-0.39, 0.29) is 11.9 Å². The molecule has 0 aliphatic carbocycles. The van der Waals surface area contributed by atoms with Crippen LogP contribution in [0.15, 0.2) is 73.8 Å². The highest BCUT2D eigenvalue weighted by Gasteiger charge is 2.17. The molecule has 1 amide bonds. The predicted octanol–water partition coefficient (Wildman–Crippen LogP) is 4.99. The number of carbonyl (C=O) groups excluding carboxylic acids is 1. The van der Waals surface area contributed by atoms with Crippen LogP contribution in [-0.4, -0.2) is 22.1 Å². The van der Waals surface area contributed by atoms with Crippen molar-refractivity contribution in [2.45, 2.75) is 38.8 Å². The lowest BCUT2D eigenvalue weighted by molar-refractivity contribution is -0.117. The van der Waals surface area contributed by atoms with Gasteiger partial charge in [-0.15, -0.1) is 6.58 Å². The molecule has 0 aliphatic heterocycles. The molecule has 1 aromatic heterocycles. The van der Waals surface area contributed by atoms with Crippen molar-refractivity contribution in [2.75, 3.05) is 6.61 Å². The van der Waals surface area contributed by atoms with E-state index in [0.29, 0.717) is 6.61 Å². The molecular formula is C25H29N3O2. The molecule has 0 radical (unpaired) electrons. The Morgan fingerprint density at radius 3 is 2.73 bits per heavy atom. The van der Waals surface area contributed by atoms with Gasteiger partial charge in [0.1, 0.15) is 11.6 Å². The molecule has 0 fully saturated rings. The third-order valence-corrected chi connectivity index (χ3v) is 4.99. The second kappa shape index (κ2) is 10.4. The summed E-state index contributed by atoms with van der Waals surface area (Å²) in [7, 11) is 0. The summed E-state index contributed by atoms with van der Waals surface area (Å²) in [5, 5.41) is 2.92. The number of hydrogen-bond acceptors (Lipinski definition) is 3. The number of rotatable bonds is 11. The topological polar surface area (TPSA) is 56.1 Å². The van der Waals surface area contributed by atoms with Crippen molar-refractivity contribution in [1.82, 2.24) is 14.9 Å². The van der Waals surface area contributed by atoms with Crippen molar-refractivity contribution >= 4 is 16.9 Å². The number of carbonyl (C=O) groups is 1. The van der Waals surface area contributed by atoms with Crippen LogP contribution in [0.5, 0.6) is 5.75 Å². The quantitative estimate of drug-likeness (QED) is 0.279. The van der Waals surface area contributed by atoms with Gasteiger partial charge in [0.25, 0.3) is 0 Å². The van der Waals surface area contributed by atoms with Gasteiger partial charge in [-0.3, -0.25) is 4.79 Å². The molecule has 2 aromatic carbocycles. The Morgan fingerprint density at radius 1 is 1.17 bits per heavy atom. The molecule has 5 heteroatoms. The molecule has 0 saturated heterocycles. The Labute approximate surface area is 178 Å². The zero-order valence-electron chi connectivity index (χ0n) is 17.5. The van der Waals surface area contributed by atoms with Crippen LogP contribution in [0.1, 0.15) is 37.2 Å². The van der Waals surface area contributed by atoms with Gasteiger partial charge in [0.05, 0.1) is 23.7 Å². The van der Waals surface area contributed by atoms with Crippen LogP contribution >= 0.6 is 0 Å². The van der Waals surface area contributed by atoms with Gasteiger partial charge in [-0.2, -0.15) is 0 Å². The zero-order valence-corrected chi connectivity index (χ0v) is 17.5. The van der Waals surface area contributed by atoms with Crippen LogP contribution in [0.25, 0.3) is 11.0 Å². The molecule has 30 heavy (non-hydrogen) atoms. The third-order valence-electron chi connectivity index (χ3n) is 4.99. The van der Waals surface area contributed by atoms with Crippen LogP contribution in [0.2, 0.25) is 0 Å². The zero-order chi connectivity index (χ0) is 21.3. The van der Waals surface area contributed by atoms with Crippen molar-refractivity contribution in [3.63, 3.8) is 0 Å². The fraction of sp³-hybridized carbons (Fsp3) is 0.280. The normalized spacial score (nSPS) is 11.8. The molecular weight excluding hydrogens is 374 g/mol. The van der Waals surface area contributed by atoms with E-state index >= 15 is 0 Å². The standard InChI is InChI=1S/C25H29N3O2/c1-4-12-20-13-6-9-16-23(20)30-18-11-10-17-28-22-15-8-7-14-21(22)27-25(28)19(3)26-24(29)5-2/h4-9,13-16,19H,1-2,10-12,17-18H2,3H3,(H,26,29). The maximum Gasteiger partial charge on any atom is 0.243 e. The number of amides is 1. The number of nitrogens with one attached hydrogen (secondary N) is 1. The maximum absolute atomic E-state index is 11.7. The molecule has 1 heterocycles. The van der Waals surface area contributed by atoms with Crippen LogP contribution in [-0.2, 0) is 17.8 Å². The van der Waals surface area contributed by atoms with E-state index in [0.717, 1.165) is 54.0 Å². The Kier molecular flexibility index (Phi) is 7.44. The van der Waals surface area contributed by atoms with Crippen LogP contribution in [0.3, 0.4) is 0 Å². The minimum atomic E-state index is -0.204. The van der Waals surface area contributed by atoms with E-state index < -0.39 is 0 Å². The largest absolute Gasteiger partial charge is 0.493 e. The first kappa shape index (κ1) is 21.4. The van der Waals surface area contributed by atoms with Crippen molar-refractivity contribution in [3.05, 3.63) is 85.2 Å². The van der Waals surface area contributed by atoms with Gasteiger partial charge < -0.3 is 14.6 Å². The molecule has 0 spiro atoms. The summed E-state index contributed by atoms with van der Waals surface area (Å²) >= 11 is 0. The van der Waals surface area contributed by atoms with Gasteiger partial charge in [0.15, 0.2) is 0 Å². The Hall–Kier alpha value is -3.34. The molecule has 0 aliphatic rings. The van der Waals surface area contributed by atoms with Gasteiger partial charge in [0.2, 0.25) is 5.91 Å². The monoisotopic (exact) mass is 403 g/mol. The number of para-hydroxylation sites is 3. The predicted molar refractivity (Wildman–Crippen MR) is 122 cm³/mol. The van der Waals surface area contributed by atoms with Gasteiger partial charge >= 0.3 is 0 Å².